The minimum absolute atomic E-state index is 0.0145. The van der Waals surface area contributed by atoms with Crippen LogP contribution < -0.4 is 5.32 Å². The van der Waals surface area contributed by atoms with Gasteiger partial charge in [0.1, 0.15) is 6.04 Å². The predicted molar refractivity (Wildman–Crippen MR) is 165 cm³/mol. The SMILES string of the molecule is CSCC[C@H](NC(=O)C1=C(c2ccccc2C)CN(C(=O)CN(Cc2ccccc2)Cc2cncs2)CC1)C(=O)O. The van der Waals surface area contributed by atoms with Crippen LogP contribution in [0, 0.1) is 6.92 Å². The van der Waals surface area contributed by atoms with E-state index in [2.05, 4.69) is 27.3 Å². The Kier molecular flexibility index (Phi) is 11.1. The second-order valence-corrected chi connectivity index (χ2v) is 12.0. The van der Waals surface area contributed by atoms with Gasteiger partial charge in [-0.25, -0.2) is 4.79 Å². The molecule has 1 aliphatic rings. The smallest absolute Gasteiger partial charge is 0.326 e. The fourth-order valence-electron chi connectivity index (χ4n) is 4.97. The molecule has 2 amide bonds. The van der Waals surface area contributed by atoms with Crippen LogP contribution >= 0.6 is 23.1 Å². The van der Waals surface area contributed by atoms with Crippen LogP contribution in [0.1, 0.15) is 34.4 Å². The molecule has 0 bridgehead atoms. The van der Waals surface area contributed by atoms with Gasteiger partial charge in [0.2, 0.25) is 11.8 Å². The van der Waals surface area contributed by atoms with Crippen molar-refractivity contribution < 1.29 is 19.5 Å². The Bertz CT molecular complexity index is 1360. The molecule has 3 aromatic rings. The Morgan fingerprint density at radius 1 is 1.12 bits per heavy atom. The largest absolute Gasteiger partial charge is 0.480 e. The summed E-state index contributed by atoms with van der Waals surface area (Å²) in [6.07, 6.45) is 4.44. The van der Waals surface area contributed by atoms with Gasteiger partial charge in [0, 0.05) is 42.8 Å². The van der Waals surface area contributed by atoms with E-state index in [4.69, 9.17) is 0 Å². The average molecular weight is 593 g/mol. The topological polar surface area (TPSA) is 103 Å². The predicted octanol–water partition coefficient (Wildman–Crippen LogP) is 4.46. The van der Waals surface area contributed by atoms with Gasteiger partial charge in [-0.3, -0.25) is 19.5 Å². The highest BCUT2D eigenvalue weighted by molar-refractivity contribution is 7.98. The van der Waals surface area contributed by atoms with E-state index in [1.54, 1.807) is 28.6 Å². The normalized spacial score (nSPS) is 14.3. The average Bonchev–Trinajstić information content (AvgIpc) is 3.48. The lowest BCUT2D eigenvalue weighted by Gasteiger charge is -2.33. The number of rotatable bonds is 13. The molecule has 1 aliphatic heterocycles. The third kappa shape index (κ3) is 8.51. The van der Waals surface area contributed by atoms with Gasteiger partial charge in [0.25, 0.3) is 0 Å². The van der Waals surface area contributed by atoms with Crippen LogP contribution in [0.15, 0.2) is 71.9 Å². The van der Waals surface area contributed by atoms with Gasteiger partial charge in [0.15, 0.2) is 0 Å². The summed E-state index contributed by atoms with van der Waals surface area (Å²) in [5.74, 6) is -0.804. The molecule has 2 heterocycles. The van der Waals surface area contributed by atoms with E-state index in [9.17, 15) is 19.5 Å². The van der Waals surface area contributed by atoms with E-state index in [1.807, 2.05) is 66.7 Å². The first-order valence-electron chi connectivity index (χ1n) is 13.6. The van der Waals surface area contributed by atoms with E-state index in [1.165, 1.54) is 0 Å². The number of hydrogen-bond acceptors (Lipinski definition) is 7. The van der Waals surface area contributed by atoms with Crippen molar-refractivity contribution in [1.82, 2.24) is 20.1 Å². The Balaban J connectivity index is 1.56. The molecule has 1 aromatic heterocycles. The molecule has 0 fully saturated rings. The molecule has 4 rings (SSSR count). The van der Waals surface area contributed by atoms with Crippen LogP contribution in [-0.2, 0) is 27.5 Å². The van der Waals surface area contributed by atoms with Crippen LogP contribution in [0.5, 0.6) is 0 Å². The van der Waals surface area contributed by atoms with E-state index >= 15 is 0 Å². The first kappa shape index (κ1) is 30.5. The van der Waals surface area contributed by atoms with E-state index in [-0.39, 0.29) is 24.9 Å². The van der Waals surface area contributed by atoms with Crippen molar-refractivity contribution in [2.24, 2.45) is 0 Å². The molecule has 2 aromatic carbocycles. The zero-order valence-corrected chi connectivity index (χ0v) is 25.0. The highest BCUT2D eigenvalue weighted by atomic mass is 32.2. The van der Waals surface area contributed by atoms with Crippen molar-refractivity contribution in [3.63, 3.8) is 0 Å². The fourth-order valence-corrected chi connectivity index (χ4v) is 6.07. The number of hydrogen-bond donors (Lipinski definition) is 2. The van der Waals surface area contributed by atoms with E-state index in [0.717, 1.165) is 27.1 Å². The number of thiazole rings is 1. The fraction of sp³-hybridized carbons (Fsp3) is 0.355. The molecule has 0 saturated carbocycles. The third-order valence-electron chi connectivity index (χ3n) is 7.13. The molecule has 0 saturated heterocycles. The van der Waals surface area contributed by atoms with Crippen molar-refractivity contribution >= 4 is 46.5 Å². The molecule has 2 N–H and O–H groups in total. The number of benzene rings is 2. The minimum atomic E-state index is -1.04. The van der Waals surface area contributed by atoms with Gasteiger partial charge < -0.3 is 15.3 Å². The Labute approximate surface area is 249 Å². The van der Waals surface area contributed by atoms with Crippen molar-refractivity contribution in [2.75, 3.05) is 31.6 Å². The molecule has 0 spiro atoms. The monoisotopic (exact) mass is 592 g/mol. The number of carbonyl (C=O) groups is 3. The molecule has 0 radical (unpaired) electrons. The molecule has 10 heteroatoms. The number of thioether (sulfide) groups is 1. The molecule has 0 unspecified atom stereocenters. The molecular formula is C31H36N4O4S2. The summed E-state index contributed by atoms with van der Waals surface area (Å²) in [5, 5.41) is 12.4. The van der Waals surface area contributed by atoms with Crippen LogP contribution in [0.4, 0.5) is 0 Å². The van der Waals surface area contributed by atoms with Crippen LogP contribution in [0.2, 0.25) is 0 Å². The standard InChI is InChI=1S/C31H36N4O4S2/c1-22-8-6-7-11-25(22)27-19-35(14-12-26(27)30(37)33-28(31(38)39)13-15-40-2)29(36)20-34(18-24-16-32-21-41-24)17-23-9-4-3-5-10-23/h3-11,16,21,28H,12-15,17-20H2,1-2H3,(H,33,37)(H,38,39)/t28-/m0/s1. The van der Waals surface area contributed by atoms with Crippen molar-refractivity contribution in [3.05, 3.63) is 93.4 Å². The molecular weight excluding hydrogens is 556 g/mol. The first-order valence-corrected chi connectivity index (χ1v) is 15.8. The Morgan fingerprint density at radius 2 is 1.88 bits per heavy atom. The van der Waals surface area contributed by atoms with Gasteiger partial charge in [-0.05, 0) is 54.0 Å². The second-order valence-electron chi connectivity index (χ2n) is 10.1. The zero-order chi connectivity index (χ0) is 29.2. The highest BCUT2D eigenvalue weighted by Crippen LogP contribution is 2.29. The number of aromatic nitrogens is 1. The van der Waals surface area contributed by atoms with Gasteiger partial charge in [-0.2, -0.15) is 11.8 Å². The first-order chi connectivity index (χ1) is 19.9. The molecule has 41 heavy (non-hydrogen) atoms. The molecule has 216 valence electrons. The second kappa shape index (κ2) is 15.0. The summed E-state index contributed by atoms with van der Waals surface area (Å²) in [6, 6.07) is 16.9. The maximum atomic E-state index is 13.7. The van der Waals surface area contributed by atoms with Crippen LogP contribution in [0.3, 0.4) is 0 Å². The number of nitrogens with one attached hydrogen (secondary N) is 1. The van der Waals surface area contributed by atoms with Gasteiger partial charge >= 0.3 is 5.97 Å². The molecule has 8 nitrogen and oxygen atoms in total. The summed E-state index contributed by atoms with van der Waals surface area (Å²) in [6.45, 7) is 4.12. The number of carbonyl (C=O) groups excluding carboxylic acids is 2. The molecule has 1 atom stereocenters. The Hall–Kier alpha value is -3.47. The van der Waals surface area contributed by atoms with Crippen LogP contribution in [-0.4, -0.2) is 75.4 Å². The summed E-state index contributed by atoms with van der Waals surface area (Å²) in [5.41, 5.74) is 6.13. The summed E-state index contributed by atoms with van der Waals surface area (Å²) >= 11 is 3.11. The maximum absolute atomic E-state index is 13.7. The summed E-state index contributed by atoms with van der Waals surface area (Å²) < 4.78 is 0. The maximum Gasteiger partial charge on any atom is 0.326 e. The number of aliphatic carboxylic acids is 1. The number of carboxylic acids is 1. The van der Waals surface area contributed by atoms with Crippen molar-refractivity contribution in [2.45, 2.75) is 38.9 Å². The van der Waals surface area contributed by atoms with Crippen molar-refractivity contribution in [1.29, 1.82) is 0 Å². The Morgan fingerprint density at radius 3 is 2.56 bits per heavy atom. The summed E-state index contributed by atoms with van der Waals surface area (Å²) in [7, 11) is 0. The van der Waals surface area contributed by atoms with E-state index < -0.39 is 12.0 Å². The molecule has 0 aliphatic carbocycles. The zero-order valence-electron chi connectivity index (χ0n) is 23.4. The lowest BCUT2D eigenvalue weighted by molar-refractivity contribution is -0.141. The third-order valence-corrected chi connectivity index (χ3v) is 8.54. The lowest BCUT2D eigenvalue weighted by atomic mass is 9.90. The number of nitrogens with zero attached hydrogens (tertiary/aromatic N) is 3. The van der Waals surface area contributed by atoms with Crippen LogP contribution in [0.25, 0.3) is 5.57 Å². The lowest BCUT2D eigenvalue weighted by Crippen LogP contribution is -2.46. The van der Waals surface area contributed by atoms with Gasteiger partial charge in [-0.1, -0.05) is 54.6 Å². The van der Waals surface area contributed by atoms with Crippen molar-refractivity contribution in [3.8, 4) is 0 Å². The van der Waals surface area contributed by atoms with E-state index in [0.29, 0.717) is 43.8 Å². The number of carboxylic acid groups (broad SMARTS) is 1. The van der Waals surface area contributed by atoms with Gasteiger partial charge in [-0.15, -0.1) is 11.3 Å². The van der Waals surface area contributed by atoms with Gasteiger partial charge in [0.05, 0.1) is 12.1 Å². The number of amides is 2. The number of aryl methyl sites for hydroxylation is 1. The highest BCUT2D eigenvalue weighted by Gasteiger charge is 2.30. The minimum Gasteiger partial charge on any atom is -0.480 e. The summed E-state index contributed by atoms with van der Waals surface area (Å²) in [4.78, 5) is 48.2. The quantitative estimate of drug-likeness (QED) is 0.302.